The van der Waals surface area contributed by atoms with Crippen LogP contribution in [-0.2, 0) is 26.0 Å². The van der Waals surface area contributed by atoms with E-state index in [1.54, 1.807) is 31.2 Å². The molecule has 0 aromatic heterocycles. The van der Waals surface area contributed by atoms with Crippen molar-refractivity contribution in [2.45, 2.75) is 19.4 Å². The molecule has 9 heteroatoms. The molecule has 0 aliphatic heterocycles. The molecule has 1 atom stereocenters. The maximum Gasteiger partial charge on any atom is 0.244 e. The standard InChI is InChI=1S/C27H31N3O5S/c1-21(27(32)28-2)29(19-18-22-10-6-4-7-11-22)26(31)20-30(36(3,33)34)23-14-16-25(17-15-23)35-24-12-8-5-9-13-24/h4-17,21H,18-20H2,1-3H3,(H,28,32)/t21-/m0/s1. The van der Waals surface area contributed by atoms with E-state index in [9.17, 15) is 18.0 Å². The lowest BCUT2D eigenvalue weighted by molar-refractivity contribution is -0.138. The molecule has 0 fully saturated rings. The van der Waals surface area contributed by atoms with Gasteiger partial charge in [-0.1, -0.05) is 48.5 Å². The Kier molecular flexibility index (Phi) is 9.08. The molecule has 0 heterocycles. The van der Waals surface area contributed by atoms with Gasteiger partial charge in [0, 0.05) is 13.6 Å². The molecule has 3 rings (SSSR count). The zero-order valence-electron chi connectivity index (χ0n) is 20.6. The maximum absolute atomic E-state index is 13.4. The van der Waals surface area contributed by atoms with Crippen LogP contribution in [0, 0.1) is 0 Å². The van der Waals surface area contributed by atoms with Crippen LogP contribution in [0.25, 0.3) is 0 Å². The molecule has 0 spiro atoms. The van der Waals surface area contributed by atoms with Crippen LogP contribution in [0.15, 0.2) is 84.9 Å². The Hall–Kier alpha value is -3.85. The van der Waals surface area contributed by atoms with E-state index in [2.05, 4.69) is 5.32 Å². The summed E-state index contributed by atoms with van der Waals surface area (Å²) in [4.78, 5) is 27.2. The van der Waals surface area contributed by atoms with E-state index in [0.29, 0.717) is 23.6 Å². The summed E-state index contributed by atoms with van der Waals surface area (Å²) in [5.41, 5.74) is 1.33. The van der Waals surface area contributed by atoms with Crippen molar-refractivity contribution < 1.29 is 22.7 Å². The van der Waals surface area contributed by atoms with E-state index >= 15 is 0 Å². The first-order chi connectivity index (χ1) is 17.2. The lowest BCUT2D eigenvalue weighted by Crippen LogP contribution is -2.51. The van der Waals surface area contributed by atoms with Gasteiger partial charge in [0.25, 0.3) is 0 Å². The molecular weight excluding hydrogens is 478 g/mol. The van der Waals surface area contributed by atoms with Crippen LogP contribution in [0.2, 0.25) is 0 Å². The fraction of sp³-hybridized carbons (Fsp3) is 0.259. The van der Waals surface area contributed by atoms with Crippen LogP contribution in [0.3, 0.4) is 0 Å². The molecule has 36 heavy (non-hydrogen) atoms. The summed E-state index contributed by atoms with van der Waals surface area (Å²) < 4.78 is 32.1. The average molecular weight is 510 g/mol. The highest BCUT2D eigenvalue weighted by Gasteiger charge is 2.29. The number of amides is 2. The highest BCUT2D eigenvalue weighted by Crippen LogP contribution is 2.25. The molecule has 1 N–H and O–H groups in total. The number of carbonyl (C=O) groups is 2. The number of benzene rings is 3. The Morgan fingerprint density at radius 2 is 1.44 bits per heavy atom. The molecule has 190 valence electrons. The second-order valence-corrected chi connectivity index (χ2v) is 10.2. The summed E-state index contributed by atoms with van der Waals surface area (Å²) >= 11 is 0. The summed E-state index contributed by atoms with van der Waals surface area (Å²) in [6, 6.07) is 24.5. The van der Waals surface area contributed by atoms with E-state index in [4.69, 9.17) is 4.74 Å². The third kappa shape index (κ3) is 7.32. The normalized spacial score (nSPS) is 11.9. The maximum atomic E-state index is 13.4. The summed E-state index contributed by atoms with van der Waals surface area (Å²) in [5.74, 6) is 0.377. The Morgan fingerprint density at radius 1 is 0.889 bits per heavy atom. The predicted molar refractivity (Wildman–Crippen MR) is 141 cm³/mol. The van der Waals surface area contributed by atoms with Gasteiger partial charge >= 0.3 is 0 Å². The summed E-state index contributed by atoms with van der Waals surface area (Å²) in [5, 5.41) is 2.56. The number of nitrogens with zero attached hydrogens (tertiary/aromatic N) is 2. The van der Waals surface area contributed by atoms with E-state index in [0.717, 1.165) is 16.1 Å². The molecule has 0 bridgehead atoms. The van der Waals surface area contributed by atoms with Gasteiger partial charge in [-0.2, -0.15) is 0 Å². The predicted octanol–water partition coefficient (Wildman–Crippen LogP) is 3.45. The number of carbonyl (C=O) groups excluding carboxylic acids is 2. The van der Waals surface area contributed by atoms with Crippen molar-refractivity contribution in [1.82, 2.24) is 10.2 Å². The molecule has 3 aromatic carbocycles. The van der Waals surface area contributed by atoms with Crippen LogP contribution in [0.4, 0.5) is 5.69 Å². The molecule has 0 aliphatic rings. The lowest BCUT2D eigenvalue weighted by Gasteiger charge is -2.31. The summed E-state index contributed by atoms with van der Waals surface area (Å²) in [7, 11) is -2.29. The lowest BCUT2D eigenvalue weighted by atomic mass is 10.1. The van der Waals surface area contributed by atoms with Gasteiger partial charge < -0.3 is 15.0 Å². The van der Waals surface area contributed by atoms with Gasteiger partial charge in [-0.05, 0) is 55.3 Å². The van der Waals surface area contributed by atoms with E-state index < -0.39 is 28.5 Å². The molecule has 0 unspecified atom stereocenters. The van der Waals surface area contributed by atoms with Gasteiger partial charge in [-0.15, -0.1) is 0 Å². The van der Waals surface area contributed by atoms with Gasteiger partial charge in [0.1, 0.15) is 24.1 Å². The Balaban J connectivity index is 1.80. The van der Waals surface area contributed by atoms with Crippen LogP contribution in [0.1, 0.15) is 12.5 Å². The number of ether oxygens (including phenoxy) is 1. The van der Waals surface area contributed by atoms with Crippen molar-refractivity contribution in [3.8, 4) is 11.5 Å². The number of likely N-dealkylation sites (N-methyl/N-ethyl adjacent to an activating group) is 1. The fourth-order valence-corrected chi connectivity index (χ4v) is 4.55. The van der Waals surface area contributed by atoms with Crippen LogP contribution in [0.5, 0.6) is 11.5 Å². The third-order valence-corrected chi connectivity index (χ3v) is 6.82. The van der Waals surface area contributed by atoms with E-state index in [1.807, 2.05) is 60.7 Å². The molecule has 0 saturated heterocycles. The molecule has 3 aromatic rings. The number of anilines is 1. The Labute approximate surface area is 212 Å². The van der Waals surface area contributed by atoms with Gasteiger partial charge in [-0.25, -0.2) is 8.42 Å². The van der Waals surface area contributed by atoms with E-state index in [1.165, 1.54) is 11.9 Å². The quantitative estimate of drug-likeness (QED) is 0.427. The molecule has 0 radical (unpaired) electrons. The van der Waals surface area contributed by atoms with Crippen molar-refractivity contribution in [2.75, 3.05) is 30.7 Å². The Morgan fingerprint density at radius 3 is 2.00 bits per heavy atom. The minimum atomic E-state index is -3.79. The number of sulfonamides is 1. The first-order valence-electron chi connectivity index (χ1n) is 11.5. The molecular formula is C27H31N3O5S. The van der Waals surface area contributed by atoms with Crippen molar-refractivity contribution in [3.05, 3.63) is 90.5 Å². The molecule has 0 aliphatic carbocycles. The van der Waals surface area contributed by atoms with Gasteiger partial charge in [0.2, 0.25) is 21.8 Å². The van der Waals surface area contributed by atoms with Crippen LogP contribution >= 0.6 is 0 Å². The second kappa shape index (κ2) is 12.2. The smallest absolute Gasteiger partial charge is 0.244 e. The topological polar surface area (TPSA) is 96.0 Å². The van der Waals surface area contributed by atoms with Crippen molar-refractivity contribution in [2.24, 2.45) is 0 Å². The van der Waals surface area contributed by atoms with E-state index in [-0.39, 0.29) is 12.5 Å². The number of hydrogen-bond acceptors (Lipinski definition) is 5. The largest absolute Gasteiger partial charge is 0.457 e. The van der Waals surface area contributed by atoms with Gasteiger partial charge in [0.05, 0.1) is 11.9 Å². The SMILES string of the molecule is CNC(=O)[C@H](C)N(CCc1ccccc1)C(=O)CN(c1ccc(Oc2ccccc2)cc1)S(C)(=O)=O. The monoisotopic (exact) mass is 509 g/mol. The third-order valence-electron chi connectivity index (χ3n) is 5.68. The highest BCUT2D eigenvalue weighted by molar-refractivity contribution is 7.92. The second-order valence-electron chi connectivity index (χ2n) is 8.29. The molecule has 0 saturated carbocycles. The zero-order chi connectivity index (χ0) is 26.1. The Bertz CT molecular complexity index is 1250. The molecule has 8 nitrogen and oxygen atoms in total. The number of nitrogens with one attached hydrogen (secondary N) is 1. The summed E-state index contributed by atoms with van der Waals surface area (Å²) in [6.07, 6.45) is 1.57. The van der Waals surface area contributed by atoms with Gasteiger partial charge in [0.15, 0.2) is 0 Å². The van der Waals surface area contributed by atoms with Crippen LogP contribution in [-0.4, -0.2) is 57.6 Å². The van der Waals surface area contributed by atoms with Gasteiger partial charge in [-0.3, -0.25) is 13.9 Å². The van der Waals surface area contributed by atoms with Crippen molar-refractivity contribution in [1.29, 1.82) is 0 Å². The highest BCUT2D eigenvalue weighted by atomic mass is 32.2. The zero-order valence-corrected chi connectivity index (χ0v) is 21.4. The van der Waals surface area contributed by atoms with Crippen molar-refractivity contribution >= 4 is 27.5 Å². The summed E-state index contributed by atoms with van der Waals surface area (Å²) in [6.45, 7) is 1.45. The molecule has 2 amide bonds. The first kappa shape index (κ1) is 26.7. The average Bonchev–Trinajstić information content (AvgIpc) is 2.88. The fourth-order valence-electron chi connectivity index (χ4n) is 3.70. The van der Waals surface area contributed by atoms with Crippen molar-refractivity contribution in [3.63, 3.8) is 0 Å². The van der Waals surface area contributed by atoms with Crippen LogP contribution < -0.4 is 14.4 Å². The minimum absolute atomic E-state index is 0.263. The minimum Gasteiger partial charge on any atom is -0.457 e. The first-order valence-corrected chi connectivity index (χ1v) is 13.4. The number of para-hydroxylation sites is 1. The number of hydrogen-bond donors (Lipinski definition) is 1. The number of rotatable bonds is 11.